The van der Waals surface area contributed by atoms with E-state index >= 15 is 0 Å². The predicted octanol–water partition coefficient (Wildman–Crippen LogP) is 1.09. The number of benzene rings is 1. The molecule has 2 N–H and O–H groups in total. The molecular formula is C17H21N3O4. The van der Waals surface area contributed by atoms with Gasteiger partial charge in [0.25, 0.3) is 11.8 Å². The largest absolute Gasteiger partial charge is 0.467 e. The summed E-state index contributed by atoms with van der Waals surface area (Å²) in [5, 5.41) is 8.51. The summed E-state index contributed by atoms with van der Waals surface area (Å²) in [6, 6.07) is 5.23. The predicted molar refractivity (Wildman–Crippen MR) is 87.6 cm³/mol. The van der Waals surface area contributed by atoms with Crippen molar-refractivity contribution < 1.29 is 19.5 Å². The van der Waals surface area contributed by atoms with E-state index in [-0.39, 0.29) is 5.91 Å². The highest BCUT2D eigenvalue weighted by Gasteiger charge is 2.46. The molecule has 7 heteroatoms. The van der Waals surface area contributed by atoms with E-state index in [1.54, 1.807) is 30.1 Å². The van der Waals surface area contributed by atoms with Crippen LogP contribution in [0, 0.1) is 0 Å². The number of hydroxylamine groups is 1. The number of amides is 2. The second-order valence-corrected chi connectivity index (χ2v) is 6.28. The molecule has 2 heterocycles. The van der Waals surface area contributed by atoms with Crippen LogP contribution in [0.5, 0.6) is 5.75 Å². The molecule has 3 rings (SSSR count). The number of nitrogens with zero attached hydrogens (tertiary/aromatic N) is 2. The van der Waals surface area contributed by atoms with Gasteiger partial charge in [-0.1, -0.05) is 6.07 Å². The molecule has 24 heavy (non-hydrogen) atoms. The van der Waals surface area contributed by atoms with Crippen molar-refractivity contribution in [3.8, 4) is 5.75 Å². The van der Waals surface area contributed by atoms with Crippen LogP contribution in [0.3, 0.4) is 0 Å². The van der Waals surface area contributed by atoms with Crippen molar-refractivity contribution in [3.63, 3.8) is 0 Å². The number of carbonyl (C=O) groups is 2. The third-order valence-electron chi connectivity index (χ3n) is 4.76. The smallest absolute Gasteiger partial charge is 0.267 e. The molecular weight excluding hydrogens is 310 g/mol. The number of fused-ring (bicyclic) bond motifs is 1. The second kappa shape index (κ2) is 6.26. The molecule has 0 atom stereocenters. The third kappa shape index (κ3) is 2.88. The summed E-state index contributed by atoms with van der Waals surface area (Å²) in [4.78, 5) is 27.8. The highest BCUT2D eigenvalue weighted by molar-refractivity contribution is 5.99. The average molecular weight is 331 g/mol. The maximum atomic E-state index is 12.8. The van der Waals surface area contributed by atoms with E-state index in [0.29, 0.717) is 16.9 Å². The zero-order valence-electron chi connectivity index (χ0n) is 13.8. The van der Waals surface area contributed by atoms with E-state index in [1.165, 1.54) is 17.6 Å². The first-order valence-corrected chi connectivity index (χ1v) is 7.87. The minimum Gasteiger partial charge on any atom is -0.467 e. The van der Waals surface area contributed by atoms with Crippen LogP contribution in [-0.4, -0.2) is 59.7 Å². The Morgan fingerprint density at radius 2 is 2.04 bits per heavy atom. The summed E-state index contributed by atoms with van der Waals surface area (Å²) in [6.07, 6.45) is 4.25. The summed E-state index contributed by atoms with van der Waals surface area (Å²) in [5.41, 5.74) is 2.11. The Morgan fingerprint density at radius 3 is 2.71 bits per heavy atom. The lowest BCUT2D eigenvalue weighted by Gasteiger charge is -2.49. The Bertz CT molecular complexity index is 693. The molecule has 0 bridgehead atoms. The number of hydrogen-bond acceptors (Lipinski definition) is 5. The third-order valence-corrected chi connectivity index (χ3v) is 4.76. The number of carbonyl (C=O) groups excluding carboxylic acids is 2. The fraction of sp³-hybridized carbons (Fsp3) is 0.412. The first-order chi connectivity index (χ1) is 11.4. The molecule has 128 valence electrons. The van der Waals surface area contributed by atoms with Crippen LogP contribution in [0.1, 0.15) is 28.8 Å². The molecule has 1 saturated heterocycles. The van der Waals surface area contributed by atoms with Crippen LogP contribution in [0.25, 0.3) is 6.08 Å². The lowest BCUT2D eigenvalue weighted by atomic mass is 9.95. The quantitative estimate of drug-likeness (QED) is 0.482. The van der Waals surface area contributed by atoms with Gasteiger partial charge in [0.15, 0.2) is 5.72 Å². The Kier molecular flexibility index (Phi) is 4.29. The van der Waals surface area contributed by atoms with Gasteiger partial charge < -0.3 is 14.5 Å². The maximum Gasteiger partial charge on any atom is 0.267 e. The first-order valence-electron chi connectivity index (χ1n) is 7.87. The van der Waals surface area contributed by atoms with Gasteiger partial charge in [0.2, 0.25) is 0 Å². The van der Waals surface area contributed by atoms with Gasteiger partial charge in [-0.3, -0.25) is 14.8 Å². The summed E-state index contributed by atoms with van der Waals surface area (Å²) in [7, 11) is 3.84. The van der Waals surface area contributed by atoms with Crippen LogP contribution in [0.2, 0.25) is 0 Å². The van der Waals surface area contributed by atoms with Crippen LogP contribution in [0.4, 0.5) is 0 Å². The molecule has 2 amide bonds. The second-order valence-electron chi connectivity index (χ2n) is 6.28. The van der Waals surface area contributed by atoms with Gasteiger partial charge in [-0.2, -0.15) is 0 Å². The molecule has 1 spiro atoms. The number of ether oxygens (including phenoxy) is 1. The number of piperidine rings is 1. The van der Waals surface area contributed by atoms with Crippen molar-refractivity contribution >= 4 is 17.9 Å². The topological polar surface area (TPSA) is 82.1 Å². The van der Waals surface area contributed by atoms with E-state index < -0.39 is 11.6 Å². The maximum absolute atomic E-state index is 12.8. The molecule has 1 aromatic carbocycles. The van der Waals surface area contributed by atoms with E-state index in [9.17, 15) is 9.59 Å². The number of rotatable bonds is 2. The zero-order chi connectivity index (χ0) is 17.3. The van der Waals surface area contributed by atoms with E-state index in [4.69, 9.17) is 9.94 Å². The van der Waals surface area contributed by atoms with Crippen LogP contribution in [-0.2, 0) is 4.79 Å². The van der Waals surface area contributed by atoms with Crippen molar-refractivity contribution in [2.45, 2.75) is 18.6 Å². The molecule has 2 aliphatic heterocycles. The molecule has 0 unspecified atom stereocenters. The minimum atomic E-state index is -0.627. The van der Waals surface area contributed by atoms with Gasteiger partial charge in [-0.05, 0) is 30.8 Å². The highest BCUT2D eigenvalue weighted by atomic mass is 16.5. The molecule has 2 aliphatic rings. The van der Waals surface area contributed by atoms with Gasteiger partial charge in [0, 0.05) is 39.1 Å². The van der Waals surface area contributed by atoms with E-state index in [1.807, 2.05) is 0 Å². The Labute approximate surface area is 140 Å². The van der Waals surface area contributed by atoms with Gasteiger partial charge in [-0.25, -0.2) is 5.48 Å². The van der Waals surface area contributed by atoms with Crippen molar-refractivity contribution in [3.05, 3.63) is 35.4 Å². The molecule has 1 fully saturated rings. The summed E-state index contributed by atoms with van der Waals surface area (Å²) in [6.45, 7) is 1.76. The summed E-state index contributed by atoms with van der Waals surface area (Å²) >= 11 is 0. The molecule has 0 radical (unpaired) electrons. The lowest BCUT2D eigenvalue weighted by Crippen LogP contribution is -2.61. The van der Waals surface area contributed by atoms with Crippen LogP contribution >= 0.6 is 0 Å². The van der Waals surface area contributed by atoms with Crippen molar-refractivity contribution in [2.24, 2.45) is 0 Å². The molecule has 7 nitrogen and oxygen atoms in total. The van der Waals surface area contributed by atoms with Gasteiger partial charge >= 0.3 is 0 Å². The standard InChI is InChI=1S/C17H21N3O4/c1-19-9-7-17(8-10-19)20(2)16(22)13-11-12(3-5-14(13)24-17)4-6-15(21)18-23/h3-6,11,23H,7-10H2,1-2H3,(H,18,21)/b6-4+. The Balaban J connectivity index is 1.89. The van der Waals surface area contributed by atoms with Gasteiger partial charge in [0.05, 0.1) is 5.56 Å². The zero-order valence-corrected chi connectivity index (χ0v) is 13.8. The first kappa shape index (κ1) is 16.5. The number of likely N-dealkylation sites (tertiary alicyclic amines) is 1. The number of hydrogen-bond donors (Lipinski definition) is 2. The molecule has 0 aromatic heterocycles. The van der Waals surface area contributed by atoms with Gasteiger partial charge in [0.1, 0.15) is 5.75 Å². The Morgan fingerprint density at radius 1 is 1.33 bits per heavy atom. The Hall–Kier alpha value is -2.38. The molecule has 0 aliphatic carbocycles. The summed E-state index contributed by atoms with van der Waals surface area (Å²) < 4.78 is 6.23. The number of nitrogens with one attached hydrogen (secondary N) is 1. The summed E-state index contributed by atoms with van der Waals surface area (Å²) in [5.74, 6) is -0.133. The van der Waals surface area contributed by atoms with Crippen molar-refractivity contribution in [1.29, 1.82) is 0 Å². The van der Waals surface area contributed by atoms with Gasteiger partial charge in [-0.15, -0.1) is 0 Å². The van der Waals surface area contributed by atoms with Crippen molar-refractivity contribution in [1.82, 2.24) is 15.3 Å². The fourth-order valence-corrected chi connectivity index (χ4v) is 3.16. The normalized spacial score (nSPS) is 20.1. The SMILES string of the molecule is CN1CCC2(CC1)Oc1ccc(/C=C/C(=O)NO)cc1C(=O)N2C. The van der Waals surface area contributed by atoms with Crippen LogP contribution < -0.4 is 10.2 Å². The lowest BCUT2D eigenvalue weighted by molar-refractivity contribution is -0.124. The van der Waals surface area contributed by atoms with E-state index in [2.05, 4.69) is 11.9 Å². The fourth-order valence-electron chi connectivity index (χ4n) is 3.16. The van der Waals surface area contributed by atoms with Crippen LogP contribution in [0.15, 0.2) is 24.3 Å². The van der Waals surface area contributed by atoms with Crippen molar-refractivity contribution in [2.75, 3.05) is 27.2 Å². The van der Waals surface area contributed by atoms with E-state index in [0.717, 1.165) is 25.9 Å². The average Bonchev–Trinajstić information content (AvgIpc) is 2.60. The molecule has 1 aromatic rings. The monoisotopic (exact) mass is 331 g/mol. The minimum absolute atomic E-state index is 0.0809. The highest BCUT2D eigenvalue weighted by Crippen LogP contribution is 2.38. The molecule has 0 saturated carbocycles.